The summed E-state index contributed by atoms with van der Waals surface area (Å²) in [7, 11) is 0. The monoisotopic (exact) mass is 567 g/mol. The van der Waals surface area contributed by atoms with Gasteiger partial charge in [-0.3, -0.25) is 14.3 Å². The third-order valence-corrected chi connectivity index (χ3v) is 8.28. The van der Waals surface area contributed by atoms with Gasteiger partial charge in [0, 0.05) is 48.2 Å². The Kier molecular flexibility index (Phi) is 6.58. The number of fused-ring (bicyclic) bond motifs is 2. The molecule has 5 aromatic rings. The average molecular weight is 568 g/mol. The molecule has 11 heteroatoms. The van der Waals surface area contributed by atoms with Gasteiger partial charge in [0.25, 0.3) is 11.5 Å². The van der Waals surface area contributed by atoms with Gasteiger partial charge in [0.15, 0.2) is 5.82 Å². The first-order valence-corrected chi connectivity index (χ1v) is 14.2. The highest BCUT2D eigenvalue weighted by molar-refractivity contribution is 6.05. The number of aromatic nitrogens is 5. The number of nitrogens with one attached hydrogen (secondary N) is 1. The van der Waals surface area contributed by atoms with Crippen LogP contribution in [0.4, 0.5) is 15.9 Å². The molecule has 214 valence electrons. The van der Waals surface area contributed by atoms with Crippen LogP contribution >= 0.6 is 0 Å². The molecule has 0 saturated carbocycles. The summed E-state index contributed by atoms with van der Waals surface area (Å²) < 4.78 is 26.5. The Morgan fingerprint density at radius 3 is 2.64 bits per heavy atom. The first kappa shape index (κ1) is 26.1. The van der Waals surface area contributed by atoms with Crippen LogP contribution in [0.5, 0.6) is 0 Å². The maximum Gasteiger partial charge on any atom is 0.284 e. The summed E-state index contributed by atoms with van der Waals surface area (Å²) in [6.45, 7) is 1.94. The van der Waals surface area contributed by atoms with Crippen LogP contribution in [-0.2, 0) is 17.7 Å². The Labute approximate surface area is 240 Å². The van der Waals surface area contributed by atoms with Crippen molar-refractivity contribution in [2.75, 3.05) is 24.3 Å². The number of carbonyl (C=O) groups excluding carboxylic acids is 1. The fraction of sp³-hybridized carbons (Fsp3) is 0.290. The maximum absolute atomic E-state index is 15.7. The van der Waals surface area contributed by atoms with E-state index < -0.39 is 11.7 Å². The van der Waals surface area contributed by atoms with Crippen molar-refractivity contribution in [1.82, 2.24) is 24.0 Å². The van der Waals surface area contributed by atoms with E-state index in [0.29, 0.717) is 54.2 Å². The number of halogens is 1. The minimum atomic E-state index is -0.554. The van der Waals surface area contributed by atoms with E-state index in [-0.39, 0.29) is 28.5 Å². The fourth-order valence-electron chi connectivity index (χ4n) is 6.27. The largest absolute Gasteiger partial charge is 0.382 e. The quantitative estimate of drug-likeness (QED) is 0.321. The van der Waals surface area contributed by atoms with Crippen molar-refractivity contribution in [1.29, 1.82) is 0 Å². The number of hydrogen-bond donors (Lipinski definition) is 2. The van der Waals surface area contributed by atoms with Crippen LogP contribution in [0, 0.1) is 5.82 Å². The first-order valence-electron chi connectivity index (χ1n) is 14.2. The van der Waals surface area contributed by atoms with Gasteiger partial charge in [-0.2, -0.15) is 5.10 Å². The van der Waals surface area contributed by atoms with Gasteiger partial charge in [-0.25, -0.2) is 18.6 Å². The highest BCUT2D eigenvalue weighted by Crippen LogP contribution is 2.37. The van der Waals surface area contributed by atoms with Crippen molar-refractivity contribution in [2.24, 2.45) is 0 Å². The Hall–Kier alpha value is -4.77. The molecule has 1 fully saturated rings. The van der Waals surface area contributed by atoms with Crippen molar-refractivity contribution in [2.45, 2.75) is 44.6 Å². The van der Waals surface area contributed by atoms with Crippen molar-refractivity contribution < 1.29 is 13.9 Å². The molecule has 2 aliphatic rings. The molecule has 42 heavy (non-hydrogen) atoms. The Balaban J connectivity index is 1.23. The molecule has 0 bridgehead atoms. The lowest BCUT2D eigenvalue weighted by atomic mass is 9.95. The average Bonchev–Trinajstić information content (AvgIpc) is 3.54. The maximum atomic E-state index is 15.7. The molecule has 0 aliphatic carbocycles. The molecule has 0 atom stereocenters. The Morgan fingerprint density at radius 2 is 1.86 bits per heavy atom. The van der Waals surface area contributed by atoms with Crippen molar-refractivity contribution >= 4 is 22.9 Å². The van der Waals surface area contributed by atoms with Crippen molar-refractivity contribution in [3.63, 3.8) is 0 Å². The zero-order valence-electron chi connectivity index (χ0n) is 22.9. The second-order valence-corrected chi connectivity index (χ2v) is 10.8. The van der Waals surface area contributed by atoms with Gasteiger partial charge in [-0.05, 0) is 68.5 Å². The standard InChI is InChI=1S/C31H30FN7O3/c32-24-16-20(36-30(40)27-25-8-4-5-13-37(25)39(31(27)41)21-6-2-1-3-7-21)9-10-22(24)23-17-26(19-11-14-42-15-12-19)38-28(23)29(33)34-18-35-38/h1-3,6-7,9-10,16-19H,4-5,8,11-15H2,(H,36,40)(H2,33,34,35). The number of benzene rings is 2. The van der Waals surface area contributed by atoms with Gasteiger partial charge in [-0.1, -0.05) is 18.2 Å². The molecular formula is C31H30FN7O3. The molecule has 3 N–H and O–H groups in total. The molecule has 0 spiro atoms. The van der Waals surface area contributed by atoms with E-state index >= 15 is 4.39 Å². The second-order valence-electron chi connectivity index (χ2n) is 10.8. The minimum absolute atomic E-state index is 0.0903. The highest BCUT2D eigenvalue weighted by Gasteiger charge is 2.28. The molecule has 2 aromatic carbocycles. The van der Waals surface area contributed by atoms with E-state index in [1.54, 1.807) is 21.3 Å². The number of nitrogens with zero attached hydrogens (tertiary/aromatic N) is 5. The van der Waals surface area contributed by atoms with E-state index in [2.05, 4.69) is 15.4 Å². The third-order valence-electron chi connectivity index (χ3n) is 8.28. The summed E-state index contributed by atoms with van der Waals surface area (Å²) in [4.78, 5) is 31.2. The molecule has 2 aliphatic heterocycles. The van der Waals surface area contributed by atoms with E-state index in [9.17, 15) is 9.59 Å². The molecule has 0 radical (unpaired) electrons. The van der Waals surface area contributed by atoms with Gasteiger partial charge in [0.05, 0.1) is 11.4 Å². The number of rotatable bonds is 5. The zero-order valence-corrected chi connectivity index (χ0v) is 22.9. The molecular weight excluding hydrogens is 537 g/mol. The zero-order chi connectivity index (χ0) is 28.8. The van der Waals surface area contributed by atoms with Crippen LogP contribution in [0.1, 0.15) is 53.3 Å². The van der Waals surface area contributed by atoms with Crippen LogP contribution < -0.4 is 16.6 Å². The lowest BCUT2D eigenvalue weighted by molar-refractivity contribution is 0.0841. The van der Waals surface area contributed by atoms with Crippen LogP contribution in [-0.4, -0.2) is 43.1 Å². The van der Waals surface area contributed by atoms with Gasteiger partial charge in [0.1, 0.15) is 23.2 Å². The molecule has 3 aromatic heterocycles. The van der Waals surface area contributed by atoms with Crippen LogP contribution in [0.25, 0.3) is 22.3 Å². The summed E-state index contributed by atoms with van der Waals surface area (Å²) in [6.07, 6.45) is 5.48. The number of ether oxygens (including phenoxy) is 1. The molecule has 5 heterocycles. The minimum Gasteiger partial charge on any atom is -0.382 e. The van der Waals surface area contributed by atoms with E-state index in [1.807, 2.05) is 41.1 Å². The summed E-state index contributed by atoms with van der Waals surface area (Å²) in [5, 5.41) is 7.19. The number of nitrogen functional groups attached to an aromatic ring is 1. The van der Waals surface area contributed by atoms with E-state index in [4.69, 9.17) is 10.5 Å². The number of para-hydroxylation sites is 1. The molecule has 7 rings (SSSR count). The third kappa shape index (κ3) is 4.37. The first-order chi connectivity index (χ1) is 20.5. The van der Waals surface area contributed by atoms with Crippen LogP contribution in [0.2, 0.25) is 0 Å². The lowest BCUT2D eigenvalue weighted by Gasteiger charge is -2.21. The number of amides is 1. The smallest absolute Gasteiger partial charge is 0.284 e. The predicted octanol–water partition coefficient (Wildman–Crippen LogP) is 4.55. The number of anilines is 2. The second kappa shape index (κ2) is 10.6. The molecule has 1 saturated heterocycles. The van der Waals surface area contributed by atoms with Crippen LogP contribution in [0.15, 0.2) is 65.7 Å². The molecule has 0 unspecified atom stereocenters. The van der Waals surface area contributed by atoms with Crippen molar-refractivity contribution in [3.8, 4) is 16.8 Å². The van der Waals surface area contributed by atoms with Gasteiger partial charge in [-0.15, -0.1) is 0 Å². The predicted molar refractivity (Wildman–Crippen MR) is 157 cm³/mol. The highest BCUT2D eigenvalue weighted by atomic mass is 19.1. The van der Waals surface area contributed by atoms with E-state index in [1.165, 1.54) is 12.4 Å². The molecule has 10 nitrogen and oxygen atoms in total. The van der Waals surface area contributed by atoms with Gasteiger partial charge in [0.2, 0.25) is 0 Å². The van der Waals surface area contributed by atoms with Crippen molar-refractivity contribution in [3.05, 3.63) is 94.0 Å². The topological polar surface area (TPSA) is 121 Å². The normalized spacial score (nSPS) is 15.5. The summed E-state index contributed by atoms with van der Waals surface area (Å²) in [5.74, 6) is -0.642. The summed E-state index contributed by atoms with van der Waals surface area (Å²) in [5.41, 5.74) is 9.97. The number of nitrogens with two attached hydrogens (primary N) is 1. The number of hydrogen-bond acceptors (Lipinski definition) is 6. The van der Waals surface area contributed by atoms with E-state index in [0.717, 1.165) is 31.4 Å². The number of carbonyl (C=O) groups is 1. The van der Waals surface area contributed by atoms with Crippen LogP contribution in [0.3, 0.4) is 0 Å². The summed E-state index contributed by atoms with van der Waals surface area (Å²) >= 11 is 0. The fourth-order valence-corrected chi connectivity index (χ4v) is 6.27. The Bertz CT molecular complexity index is 1870. The van der Waals surface area contributed by atoms with Gasteiger partial charge >= 0.3 is 0 Å². The lowest BCUT2D eigenvalue weighted by Crippen LogP contribution is -2.25. The Morgan fingerprint density at radius 1 is 1.05 bits per heavy atom. The molecule has 1 amide bonds. The van der Waals surface area contributed by atoms with Gasteiger partial charge < -0.3 is 15.8 Å². The summed E-state index contributed by atoms with van der Waals surface area (Å²) in [6, 6.07) is 15.7. The SMILES string of the molecule is Nc1ncnn2c(C3CCOCC3)cc(-c3ccc(NC(=O)c4c5n(n(-c6ccccc6)c4=O)CCCC5)cc3F)c12.